The van der Waals surface area contributed by atoms with Gasteiger partial charge in [-0.1, -0.05) is 17.7 Å². The van der Waals surface area contributed by atoms with Crippen LogP contribution >= 0.6 is 27.5 Å². The van der Waals surface area contributed by atoms with Crippen LogP contribution in [0.4, 0.5) is 10.2 Å². The van der Waals surface area contributed by atoms with Crippen LogP contribution in [0.3, 0.4) is 0 Å². The molecule has 1 aromatic carbocycles. The summed E-state index contributed by atoms with van der Waals surface area (Å²) < 4.78 is 15.4. The Bertz CT molecular complexity index is 967. The third-order valence-corrected chi connectivity index (χ3v) is 7.71. The fraction of sp³-hybridized carbons (Fsp3) is 0.524. The maximum atomic E-state index is 15.1. The zero-order valence-corrected chi connectivity index (χ0v) is 18.2. The van der Waals surface area contributed by atoms with Crippen molar-refractivity contribution >= 4 is 49.8 Å². The number of hydrogen-bond acceptors (Lipinski definition) is 4. The van der Waals surface area contributed by atoms with Crippen LogP contribution in [0.25, 0.3) is 16.5 Å². The fourth-order valence-corrected chi connectivity index (χ4v) is 5.39. The van der Waals surface area contributed by atoms with Gasteiger partial charge in [0.2, 0.25) is 0 Å². The van der Waals surface area contributed by atoms with Crippen LogP contribution in [0, 0.1) is 17.7 Å². The van der Waals surface area contributed by atoms with Gasteiger partial charge in [0.25, 0.3) is 0 Å². The van der Waals surface area contributed by atoms with Crippen LogP contribution in [0.15, 0.2) is 16.6 Å². The molecule has 0 amide bonds. The Morgan fingerprint density at radius 1 is 1.21 bits per heavy atom. The largest absolute Gasteiger partial charge is 0.355 e. The molecule has 1 aliphatic carbocycles. The molecular formula is C21H23BrClFN4. The molecule has 0 radical (unpaired) electrons. The highest BCUT2D eigenvalue weighted by Gasteiger charge is 2.34. The lowest BCUT2D eigenvalue weighted by Gasteiger charge is -2.33. The van der Waals surface area contributed by atoms with Gasteiger partial charge >= 0.3 is 0 Å². The molecule has 2 atom stereocenters. The lowest BCUT2D eigenvalue weighted by molar-refractivity contribution is 0.369. The van der Waals surface area contributed by atoms with Crippen molar-refractivity contribution in [2.75, 3.05) is 38.1 Å². The minimum Gasteiger partial charge on any atom is -0.355 e. The molecule has 28 heavy (non-hydrogen) atoms. The first-order chi connectivity index (χ1) is 13.5. The lowest BCUT2D eigenvalue weighted by Crippen LogP contribution is -2.37. The normalized spacial score (nSPS) is 25.4. The Hall–Kier alpha value is -1.24. The van der Waals surface area contributed by atoms with E-state index in [9.17, 15) is 0 Å². The molecule has 2 aromatic rings. The molecule has 2 aliphatic heterocycles. The average Bonchev–Trinajstić information content (AvgIpc) is 3.04. The molecule has 2 unspecified atom stereocenters. The van der Waals surface area contributed by atoms with Gasteiger partial charge in [0.15, 0.2) is 11.6 Å². The number of anilines is 1. The van der Waals surface area contributed by atoms with Gasteiger partial charge in [-0.25, -0.2) is 14.4 Å². The van der Waals surface area contributed by atoms with Crippen molar-refractivity contribution in [1.82, 2.24) is 14.9 Å². The molecule has 0 N–H and O–H groups in total. The maximum absolute atomic E-state index is 15.1. The quantitative estimate of drug-likeness (QED) is 0.575. The smallest absolute Gasteiger partial charge is 0.165 e. The topological polar surface area (TPSA) is 32.3 Å². The fourth-order valence-electron chi connectivity index (χ4n) is 4.90. The molecule has 4 nitrogen and oxygen atoms in total. The van der Waals surface area contributed by atoms with E-state index in [-0.39, 0.29) is 4.47 Å². The molecule has 7 heteroatoms. The average molecular weight is 466 g/mol. The highest BCUT2D eigenvalue weighted by molar-refractivity contribution is 9.10. The number of benzene rings is 1. The first kappa shape index (κ1) is 18.8. The van der Waals surface area contributed by atoms with Crippen LogP contribution in [-0.2, 0) is 0 Å². The van der Waals surface area contributed by atoms with Crippen molar-refractivity contribution in [3.05, 3.63) is 33.3 Å². The number of likely N-dealkylation sites (N-methyl/N-ethyl adjacent to an activating group) is 1. The van der Waals surface area contributed by atoms with Gasteiger partial charge in [0.05, 0.1) is 9.50 Å². The Balaban J connectivity index is 1.68. The minimum atomic E-state index is -0.402. The molecule has 0 spiro atoms. The molecule has 1 saturated heterocycles. The number of piperidine rings is 1. The maximum Gasteiger partial charge on any atom is 0.165 e. The van der Waals surface area contributed by atoms with Gasteiger partial charge in [-0.3, -0.25) is 0 Å². The zero-order valence-electron chi connectivity index (χ0n) is 15.9. The van der Waals surface area contributed by atoms with E-state index in [2.05, 4.69) is 43.8 Å². The molecule has 3 heterocycles. The standard InChI is InChI=1S/C21H23BrClFN4/c1-27-6-4-14(5-7-27)20-25-19-15(9-16(23)17(22)18(19)24)21(26-20)28-10-12-2-3-13(8-12)11-28/h4,9,12-13H,2-3,5-8,10-11H2,1H3. The Morgan fingerprint density at radius 2 is 1.96 bits per heavy atom. The lowest BCUT2D eigenvalue weighted by atomic mass is 9.98. The summed E-state index contributed by atoms with van der Waals surface area (Å²) in [4.78, 5) is 14.2. The second kappa shape index (κ2) is 7.22. The molecule has 5 rings (SSSR count). The summed E-state index contributed by atoms with van der Waals surface area (Å²) in [5.41, 5.74) is 1.46. The van der Waals surface area contributed by atoms with E-state index in [0.29, 0.717) is 33.6 Å². The number of aromatic nitrogens is 2. The number of hydrogen-bond donors (Lipinski definition) is 0. The van der Waals surface area contributed by atoms with Gasteiger partial charge < -0.3 is 9.80 Å². The van der Waals surface area contributed by atoms with E-state index in [1.807, 2.05) is 6.07 Å². The van der Waals surface area contributed by atoms with E-state index < -0.39 is 5.82 Å². The highest BCUT2D eigenvalue weighted by Crippen LogP contribution is 2.41. The van der Waals surface area contributed by atoms with E-state index in [1.165, 1.54) is 19.3 Å². The Labute approximate surface area is 177 Å². The summed E-state index contributed by atoms with van der Waals surface area (Å²) in [5.74, 6) is 2.52. The Kier molecular flexibility index (Phi) is 4.84. The van der Waals surface area contributed by atoms with E-state index in [4.69, 9.17) is 16.6 Å². The van der Waals surface area contributed by atoms with Crippen molar-refractivity contribution in [2.24, 2.45) is 11.8 Å². The third-order valence-electron chi connectivity index (χ3n) is 6.41. The van der Waals surface area contributed by atoms with E-state index in [1.54, 1.807) is 0 Å². The Morgan fingerprint density at radius 3 is 2.64 bits per heavy atom. The molecule has 1 aromatic heterocycles. The number of rotatable bonds is 2. The minimum absolute atomic E-state index is 0.272. The number of nitrogens with zero attached hydrogens (tertiary/aromatic N) is 4. The van der Waals surface area contributed by atoms with Crippen LogP contribution in [-0.4, -0.2) is 48.1 Å². The first-order valence-electron chi connectivity index (χ1n) is 9.97. The van der Waals surface area contributed by atoms with Gasteiger partial charge in [0.1, 0.15) is 11.3 Å². The van der Waals surface area contributed by atoms with Crippen molar-refractivity contribution in [2.45, 2.75) is 25.7 Å². The van der Waals surface area contributed by atoms with Gasteiger partial charge in [-0.05, 0) is 72.1 Å². The second-order valence-corrected chi connectivity index (χ2v) is 9.65. The third kappa shape index (κ3) is 3.23. The number of halogens is 3. The first-order valence-corrected chi connectivity index (χ1v) is 11.1. The van der Waals surface area contributed by atoms with Crippen LogP contribution < -0.4 is 4.90 Å². The predicted octanol–water partition coefficient (Wildman–Crippen LogP) is 5.14. The summed E-state index contributed by atoms with van der Waals surface area (Å²) in [6.45, 7) is 3.80. The second-order valence-electron chi connectivity index (χ2n) is 8.45. The summed E-state index contributed by atoms with van der Waals surface area (Å²) in [5, 5.41) is 1.07. The van der Waals surface area contributed by atoms with Crippen molar-refractivity contribution in [3.8, 4) is 0 Å². The van der Waals surface area contributed by atoms with Gasteiger partial charge in [-0.2, -0.15) is 0 Å². The van der Waals surface area contributed by atoms with Crippen LogP contribution in [0.2, 0.25) is 5.02 Å². The van der Waals surface area contributed by atoms with Crippen LogP contribution in [0.5, 0.6) is 0 Å². The molecule has 2 bridgehead atoms. The molecule has 1 saturated carbocycles. The van der Waals surface area contributed by atoms with Gasteiger partial charge in [0, 0.05) is 31.6 Å². The van der Waals surface area contributed by atoms with Crippen molar-refractivity contribution < 1.29 is 4.39 Å². The monoisotopic (exact) mass is 464 g/mol. The molecule has 3 aliphatic rings. The van der Waals surface area contributed by atoms with E-state index >= 15 is 4.39 Å². The molecule has 148 valence electrons. The van der Waals surface area contributed by atoms with E-state index in [0.717, 1.165) is 44.0 Å². The van der Waals surface area contributed by atoms with Crippen LogP contribution in [0.1, 0.15) is 31.5 Å². The zero-order chi connectivity index (χ0) is 19.4. The number of fused-ring (bicyclic) bond motifs is 3. The van der Waals surface area contributed by atoms with Crippen molar-refractivity contribution in [3.63, 3.8) is 0 Å². The summed E-state index contributed by atoms with van der Waals surface area (Å²) in [7, 11) is 2.10. The summed E-state index contributed by atoms with van der Waals surface area (Å²) in [6, 6.07) is 1.81. The highest BCUT2D eigenvalue weighted by atomic mass is 79.9. The predicted molar refractivity (Wildman–Crippen MR) is 115 cm³/mol. The van der Waals surface area contributed by atoms with Crippen molar-refractivity contribution in [1.29, 1.82) is 0 Å². The molecular weight excluding hydrogens is 443 g/mol. The summed E-state index contributed by atoms with van der Waals surface area (Å²) >= 11 is 9.58. The summed E-state index contributed by atoms with van der Waals surface area (Å²) in [6.07, 6.45) is 6.93. The SMILES string of the molecule is CN1CC=C(c2nc(N3CC4CCC(C4)C3)c3cc(Cl)c(Br)c(F)c3n2)CC1. The van der Waals surface area contributed by atoms with Gasteiger partial charge in [-0.15, -0.1) is 0 Å². The molecule has 2 fully saturated rings.